The predicted molar refractivity (Wildman–Crippen MR) is 82.2 cm³/mol. The average molecular weight is 337 g/mol. The Morgan fingerprint density at radius 2 is 2.09 bits per heavy atom. The predicted octanol–water partition coefficient (Wildman–Crippen LogP) is 0.589. The number of hydrogen-bond acceptors (Lipinski definition) is 6. The van der Waals surface area contributed by atoms with E-state index >= 15 is 0 Å². The minimum absolute atomic E-state index is 0.0516. The number of nitrogens with zero attached hydrogens (tertiary/aromatic N) is 5. The highest BCUT2D eigenvalue weighted by Crippen LogP contribution is 2.25. The molecule has 1 saturated heterocycles. The number of aryl methyl sites for hydroxylation is 3. The maximum atomic E-state index is 12.7. The number of ether oxygens (including phenoxy) is 1. The number of rotatable bonds is 3. The van der Waals surface area contributed by atoms with E-state index in [1.54, 1.807) is 11.6 Å². The fourth-order valence-corrected chi connectivity index (χ4v) is 3.98. The van der Waals surface area contributed by atoms with E-state index in [2.05, 4.69) is 15.0 Å². The molecule has 1 aliphatic rings. The van der Waals surface area contributed by atoms with Gasteiger partial charge in [-0.3, -0.25) is 0 Å². The van der Waals surface area contributed by atoms with Crippen LogP contribution in [0.5, 0.6) is 0 Å². The second-order valence-electron chi connectivity index (χ2n) is 5.58. The van der Waals surface area contributed by atoms with E-state index in [9.17, 15) is 8.42 Å². The van der Waals surface area contributed by atoms with Crippen LogP contribution in [0.15, 0.2) is 23.6 Å². The molecule has 0 spiro atoms. The third-order valence-corrected chi connectivity index (χ3v) is 5.38. The second-order valence-corrected chi connectivity index (χ2v) is 7.47. The zero-order valence-corrected chi connectivity index (χ0v) is 14.1. The Kier molecular flexibility index (Phi) is 4.17. The van der Waals surface area contributed by atoms with Crippen molar-refractivity contribution in [1.29, 1.82) is 0 Å². The van der Waals surface area contributed by atoms with Gasteiger partial charge in [-0.15, -0.1) is 0 Å². The highest BCUT2D eigenvalue weighted by atomic mass is 32.2. The third-order valence-electron chi connectivity index (χ3n) is 3.63. The first-order valence-corrected chi connectivity index (χ1v) is 8.72. The average Bonchev–Trinajstić information content (AvgIpc) is 2.94. The van der Waals surface area contributed by atoms with Gasteiger partial charge in [0, 0.05) is 32.0 Å². The van der Waals surface area contributed by atoms with Gasteiger partial charge in [0.1, 0.15) is 11.9 Å². The van der Waals surface area contributed by atoms with Crippen LogP contribution in [-0.4, -0.2) is 51.9 Å². The van der Waals surface area contributed by atoms with Crippen LogP contribution in [0.2, 0.25) is 0 Å². The van der Waals surface area contributed by atoms with Gasteiger partial charge in [-0.1, -0.05) is 0 Å². The van der Waals surface area contributed by atoms with Gasteiger partial charge in [-0.25, -0.2) is 23.4 Å². The summed E-state index contributed by atoms with van der Waals surface area (Å²) in [7, 11) is -1.89. The standard InChI is InChI=1S/C14H19N5O3S/c1-10-6-12(17-11(2)16-10)13-7-19(4-5-22-13)23(20,21)14-8-18(3)9-15-14/h6,8-9,13H,4-5,7H2,1-3H3/t13-/m1/s1. The molecule has 0 unspecified atom stereocenters. The molecule has 1 fully saturated rings. The minimum Gasteiger partial charge on any atom is -0.369 e. The molecule has 1 aliphatic heterocycles. The number of imidazole rings is 1. The summed E-state index contributed by atoms with van der Waals surface area (Å²) in [6.07, 6.45) is 2.57. The van der Waals surface area contributed by atoms with Crippen LogP contribution in [0.1, 0.15) is 23.3 Å². The first-order valence-electron chi connectivity index (χ1n) is 7.28. The van der Waals surface area contributed by atoms with Crippen molar-refractivity contribution < 1.29 is 13.2 Å². The Morgan fingerprint density at radius 3 is 2.74 bits per heavy atom. The summed E-state index contributed by atoms with van der Waals surface area (Å²) < 4.78 is 34.1. The molecule has 0 aromatic carbocycles. The largest absolute Gasteiger partial charge is 0.369 e. The molecule has 0 N–H and O–H groups in total. The molecule has 8 nitrogen and oxygen atoms in total. The Labute approximate surface area is 135 Å². The summed E-state index contributed by atoms with van der Waals surface area (Å²) in [4.78, 5) is 12.6. The number of sulfonamides is 1. The van der Waals surface area contributed by atoms with Crippen molar-refractivity contribution in [3.05, 3.63) is 35.8 Å². The van der Waals surface area contributed by atoms with Gasteiger partial charge in [0.05, 0.1) is 18.6 Å². The van der Waals surface area contributed by atoms with E-state index in [4.69, 9.17) is 4.74 Å². The first kappa shape index (κ1) is 16.0. The smallest absolute Gasteiger partial charge is 0.262 e. The maximum Gasteiger partial charge on any atom is 0.262 e. The number of hydrogen-bond donors (Lipinski definition) is 0. The van der Waals surface area contributed by atoms with E-state index in [-0.39, 0.29) is 11.6 Å². The highest BCUT2D eigenvalue weighted by Gasteiger charge is 2.33. The van der Waals surface area contributed by atoms with Gasteiger partial charge in [0.25, 0.3) is 10.0 Å². The zero-order chi connectivity index (χ0) is 16.6. The molecule has 3 rings (SSSR count). The van der Waals surface area contributed by atoms with Gasteiger partial charge in [0.15, 0.2) is 5.03 Å². The number of morpholine rings is 1. The molecule has 9 heteroatoms. The molecule has 1 atom stereocenters. The zero-order valence-electron chi connectivity index (χ0n) is 13.3. The summed E-state index contributed by atoms with van der Waals surface area (Å²) in [6, 6.07) is 1.83. The molecule has 2 aromatic rings. The molecule has 3 heterocycles. The van der Waals surface area contributed by atoms with Crippen molar-refractivity contribution in [2.24, 2.45) is 7.05 Å². The highest BCUT2D eigenvalue weighted by molar-refractivity contribution is 7.89. The normalized spacial score (nSPS) is 19.9. The maximum absolute atomic E-state index is 12.7. The molecule has 0 amide bonds. The minimum atomic E-state index is -3.62. The fraction of sp³-hybridized carbons (Fsp3) is 0.500. The lowest BCUT2D eigenvalue weighted by atomic mass is 10.2. The van der Waals surface area contributed by atoms with Crippen molar-refractivity contribution in [2.75, 3.05) is 19.7 Å². The Morgan fingerprint density at radius 1 is 1.30 bits per heavy atom. The van der Waals surface area contributed by atoms with E-state index < -0.39 is 16.1 Å². The molecule has 0 radical (unpaired) electrons. The van der Waals surface area contributed by atoms with Crippen molar-refractivity contribution >= 4 is 10.0 Å². The van der Waals surface area contributed by atoms with Crippen molar-refractivity contribution in [1.82, 2.24) is 23.8 Å². The van der Waals surface area contributed by atoms with Crippen LogP contribution < -0.4 is 0 Å². The summed E-state index contributed by atoms with van der Waals surface area (Å²) in [6.45, 7) is 4.53. The van der Waals surface area contributed by atoms with E-state index in [1.807, 2.05) is 19.9 Å². The summed E-state index contributed by atoms with van der Waals surface area (Å²) in [5.41, 5.74) is 1.54. The van der Waals surface area contributed by atoms with Crippen molar-refractivity contribution in [2.45, 2.75) is 25.0 Å². The molecule has 2 aromatic heterocycles. The summed E-state index contributed by atoms with van der Waals surface area (Å²) >= 11 is 0. The van der Waals surface area contributed by atoms with Gasteiger partial charge < -0.3 is 9.30 Å². The second kappa shape index (κ2) is 5.99. The Balaban J connectivity index is 1.86. The molecule has 0 saturated carbocycles. The van der Waals surface area contributed by atoms with Gasteiger partial charge in [-0.2, -0.15) is 4.31 Å². The fourth-order valence-electron chi connectivity index (χ4n) is 2.59. The van der Waals surface area contributed by atoms with Crippen LogP contribution in [0.4, 0.5) is 0 Å². The molecule has 0 bridgehead atoms. The lowest BCUT2D eigenvalue weighted by Gasteiger charge is -2.31. The van der Waals surface area contributed by atoms with Crippen molar-refractivity contribution in [3.8, 4) is 0 Å². The summed E-state index contributed by atoms with van der Waals surface area (Å²) in [5, 5.41) is 0.0516. The summed E-state index contributed by atoms with van der Waals surface area (Å²) in [5.74, 6) is 0.647. The SMILES string of the molecule is Cc1cc([C@H]2CN(S(=O)(=O)c3cn(C)cn3)CCO2)nc(C)n1. The lowest BCUT2D eigenvalue weighted by Crippen LogP contribution is -2.42. The Hall–Kier alpha value is -1.84. The van der Waals surface area contributed by atoms with Gasteiger partial charge in [0.2, 0.25) is 0 Å². The molecule has 23 heavy (non-hydrogen) atoms. The molecular weight excluding hydrogens is 318 g/mol. The first-order chi connectivity index (χ1) is 10.9. The van der Waals surface area contributed by atoms with Crippen LogP contribution >= 0.6 is 0 Å². The van der Waals surface area contributed by atoms with Crippen LogP contribution in [0.3, 0.4) is 0 Å². The number of aromatic nitrogens is 4. The third kappa shape index (κ3) is 3.26. The lowest BCUT2D eigenvalue weighted by molar-refractivity contribution is -0.00519. The van der Waals surface area contributed by atoms with E-state index in [0.717, 1.165) is 5.69 Å². The molecule has 0 aliphatic carbocycles. The van der Waals surface area contributed by atoms with E-state index in [1.165, 1.54) is 16.8 Å². The van der Waals surface area contributed by atoms with Gasteiger partial charge >= 0.3 is 0 Å². The topological polar surface area (TPSA) is 90.2 Å². The van der Waals surface area contributed by atoms with E-state index in [0.29, 0.717) is 24.7 Å². The van der Waals surface area contributed by atoms with Crippen LogP contribution in [0.25, 0.3) is 0 Å². The molecular formula is C14H19N5O3S. The monoisotopic (exact) mass is 337 g/mol. The van der Waals surface area contributed by atoms with Crippen LogP contribution in [-0.2, 0) is 21.8 Å². The Bertz CT molecular complexity index is 797. The molecule has 124 valence electrons. The quantitative estimate of drug-likeness (QED) is 0.814. The van der Waals surface area contributed by atoms with Crippen LogP contribution in [0, 0.1) is 13.8 Å². The van der Waals surface area contributed by atoms with Gasteiger partial charge in [-0.05, 0) is 19.9 Å². The van der Waals surface area contributed by atoms with Crippen molar-refractivity contribution in [3.63, 3.8) is 0 Å².